The van der Waals surface area contributed by atoms with E-state index in [9.17, 15) is 0 Å². The van der Waals surface area contributed by atoms with E-state index in [2.05, 4.69) is 61.7 Å². The van der Waals surface area contributed by atoms with Crippen molar-refractivity contribution >= 4 is 11.9 Å². The minimum atomic E-state index is 0.681. The van der Waals surface area contributed by atoms with Crippen LogP contribution in [0, 0.1) is 13.8 Å². The van der Waals surface area contributed by atoms with Crippen molar-refractivity contribution in [3.63, 3.8) is 0 Å². The molecule has 0 spiro atoms. The van der Waals surface area contributed by atoms with Gasteiger partial charge in [0.1, 0.15) is 5.75 Å². The van der Waals surface area contributed by atoms with Crippen LogP contribution in [0.15, 0.2) is 59.6 Å². The monoisotopic (exact) mass is 346 g/mol. The van der Waals surface area contributed by atoms with Crippen LogP contribution >= 0.6 is 0 Å². The summed E-state index contributed by atoms with van der Waals surface area (Å²) in [6.07, 6.45) is 2.96. The Morgan fingerprint density at radius 3 is 2.42 bits per heavy atom. The highest BCUT2D eigenvalue weighted by Gasteiger charge is 2.10. The summed E-state index contributed by atoms with van der Waals surface area (Å²) in [5.41, 5.74) is 6.96. The second-order valence-corrected chi connectivity index (χ2v) is 6.33. The summed E-state index contributed by atoms with van der Waals surface area (Å²) in [7, 11) is 0. The lowest BCUT2D eigenvalue weighted by Crippen LogP contribution is -2.00. The number of ether oxygens (including phenoxy) is 1. The Kier molecular flexibility index (Phi) is 5.57. The lowest BCUT2D eigenvalue weighted by Gasteiger charge is -2.11. The van der Waals surface area contributed by atoms with Gasteiger partial charge in [0.05, 0.1) is 12.3 Å². The van der Waals surface area contributed by atoms with Crippen LogP contribution in [0.3, 0.4) is 0 Å². The molecule has 0 amide bonds. The minimum Gasteiger partial charge on any atom is -0.494 e. The molecule has 3 heteroatoms. The number of para-hydroxylation sites is 1. The summed E-state index contributed by atoms with van der Waals surface area (Å²) in [4.78, 5) is 4.74. The lowest BCUT2D eigenvalue weighted by atomic mass is 10.1. The predicted octanol–water partition coefficient (Wildman–Crippen LogP) is 5.81. The summed E-state index contributed by atoms with van der Waals surface area (Å²) < 4.78 is 7.79. The molecule has 3 rings (SSSR count). The number of aromatic nitrogens is 1. The van der Waals surface area contributed by atoms with Gasteiger partial charge in [0.25, 0.3) is 0 Å². The van der Waals surface area contributed by atoms with Crippen molar-refractivity contribution in [1.82, 2.24) is 4.57 Å². The first-order chi connectivity index (χ1) is 12.6. The van der Waals surface area contributed by atoms with Crippen molar-refractivity contribution in [2.45, 2.75) is 34.1 Å². The zero-order chi connectivity index (χ0) is 18.5. The van der Waals surface area contributed by atoms with Crippen molar-refractivity contribution in [3.05, 3.63) is 77.1 Å². The van der Waals surface area contributed by atoms with E-state index in [1.165, 1.54) is 17.0 Å². The zero-order valence-corrected chi connectivity index (χ0v) is 16.0. The fraction of sp³-hybridized carbons (Fsp3) is 0.261. The maximum absolute atomic E-state index is 5.54. The van der Waals surface area contributed by atoms with Crippen molar-refractivity contribution < 1.29 is 4.74 Å². The van der Waals surface area contributed by atoms with E-state index >= 15 is 0 Å². The molecular weight excluding hydrogens is 320 g/mol. The van der Waals surface area contributed by atoms with Crippen LogP contribution in [0.25, 0.3) is 5.69 Å². The van der Waals surface area contributed by atoms with E-state index in [4.69, 9.17) is 9.73 Å². The third-order valence-electron chi connectivity index (χ3n) is 4.59. The van der Waals surface area contributed by atoms with Gasteiger partial charge < -0.3 is 9.30 Å². The molecule has 0 aliphatic rings. The number of benzene rings is 2. The second kappa shape index (κ2) is 8.05. The number of rotatable bonds is 6. The number of hydrogen-bond donors (Lipinski definition) is 0. The van der Waals surface area contributed by atoms with Gasteiger partial charge in [-0.3, -0.25) is 4.99 Å². The quantitative estimate of drug-likeness (QED) is 0.518. The number of aryl methyl sites for hydroxylation is 2. The molecule has 3 nitrogen and oxygen atoms in total. The second-order valence-electron chi connectivity index (χ2n) is 6.33. The van der Waals surface area contributed by atoms with E-state index in [1.54, 1.807) is 0 Å². The van der Waals surface area contributed by atoms with Gasteiger partial charge in [-0.05, 0) is 69.2 Å². The molecule has 0 fully saturated rings. The van der Waals surface area contributed by atoms with E-state index in [1.807, 2.05) is 31.3 Å². The number of nitrogens with zero attached hydrogens (tertiary/aromatic N) is 2. The average Bonchev–Trinajstić information content (AvgIpc) is 2.95. The molecule has 0 aliphatic carbocycles. The van der Waals surface area contributed by atoms with Crippen molar-refractivity contribution in [1.29, 1.82) is 0 Å². The van der Waals surface area contributed by atoms with Crippen molar-refractivity contribution in [2.24, 2.45) is 4.99 Å². The van der Waals surface area contributed by atoms with E-state index in [0.29, 0.717) is 6.61 Å². The zero-order valence-electron chi connectivity index (χ0n) is 16.0. The molecule has 26 heavy (non-hydrogen) atoms. The van der Waals surface area contributed by atoms with Gasteiger partial charge in [0.2, 0.25) is 0 Å². The first-order valence-corrected chi connectivity index (χ1v) is 9.18. The Morgan fingerprint density at radius 2 is 1.73 bits per heavy atom. The number of aliphatic imine (C=N–C) groups is 1. The van der Waals surface area contributed by atoms with Crippen LogP contribution in [0.1, 0.15) is 36.4 Å². The molecule has 0 bridgehead atoms. The molecule has 2 aromatic carbocycles. The summed E-state index contributed by atoms with van der Waals surface area (Å²) in [6.45, 7) is 9.10. The average molecular weight is 346 g/mol. The van der Waals surface area contributed by atoms with E-state index < -0.39 is 0 Å². The van der Waals surface area contributed by atoms with Crippen molar-refractivity contribution in [3.8, 4) is 11.4 Å². The van der Waals surface area contributed by atoms with Crippen molar-refractivity contribution in [2.75, 3.05) is 6.61 Å². The summed E-state index contributed by atoms with van der Waals surface area (Å²) in [5.74, 6) is 0.900. The lowest BCUT2D eigenvalue weighted by molar-refractivity contribution is 0.340. The van der Waals surface area contributed by atoms with Gasteiger partial charge in [-0.2, -0.15) is 0 Å². The van der Waals surface area contributed by atoms with Gasteiger partial charge >= 0.3 is 0 Å². The van der Waals surface area contributed by atoms with E-state index in [0.717, 1.165) is 29.1 Å². The molecule has 0 N–H and O–H groups in total. The smallest absolute Gasteiger partial charge is 0.119 e. The molecule has 0 saturated carbocycles. The van der Waals surface area contributed by atoms with Crippen LogP contribution < -0.4 is 4.74 Å². The Labute approximate surface area is 156 Å². The molecular formula is C23H26N2O. The van der Waals surface area contributed by atoms with Gasteiger partial charge in [0, 0.05) is 28.9 Å². The van der Waals surface area contributed by atoms with Crippen LogP contribution in [-0.4, -0.2) is 17.4 Å². The molecule has 0 aliphatic heterocycles. The van der Waals surface area contributed by atoms with Gasteiger partial charge in [-0.25, -0.2) is 0 Å². The van der Waals surface area contributed by atoms with Gasteiger partial charge in [0.15, 0.2) is 0 Å². The summed E-state index contributed by atoms with van der Waals surface area (Å²) in [6, 6.07) is 18.7. The molecule has 1 aromatic heterocycles. The Hall–Kier alpha value is -2.81. The summed E-state index contributed by atoms with van der Waals surface area (Å²) >= 11 is 0. The molecule has 134 valence electrons. The third kappa shape index (κ3) is 3.72. The normalized spacial score (nSPS) is 11.2. The highest BCUT2D eigenvalue weighted by atomic mass is 16.5. The highest BCUT2D eigenvalue weighted by Crippen LogP contribution is 2.24. The maximum atomic E-state index is 5.54. The first-order valence-electron chi connectivity index (χ1n) is 9.18. The van der Waals surface area contributed by atoms with Crippen LogP contribution in [0.2, 0.25) is 0 Å². The Balaban J connectivity index is 1.91. The molecule has 3 aromatic rings. The van der Waals surface area contributed by atoms with E-state index in [-0.39, 0.29) is 0 Å². The Bertz CT molecular complexity index is 904. The predicted molar refractivity (Wildman–Crippen MR) is 109 cm³/mol. The van der Waals surface area contributed by atoms with Crippen LogP contribution in [0.4, 0.5) is 5.69 Å². The third-order valence-corrected chi connectivity index (χ3v) is 4.59. The largest absolute Gasteiger partial charge is 0.494 e. The maximum Gasteiger partial charge on any atom is 0.119 e. The molecule has 1 heterocycles. The molecule has 0 radical (unpaired) electrons. The molecule has 0 saturated heterocycles. The Morgan fingerprint density at radius 1 is 1.00 bits per heavy atom. The minimum absolute atomic E-state index is 0.681. The number of hydrogen-bond acceptors (Lipinski definition) is 2. The van der Waals surface area contributed by atoms with Crippen LogP contribution in [-0.2, 0) is 6.42 Å². The molecule has 0 atom stereocenters. The standard InChI is InChI=1S/C23H26N2O/c1-5-19-9-7-8-10-23(19)24-16-20-15-17(3)25(18(20)4)21-11-13-22(14-12-21)26-6-2/h7-16H,5-6H2,1-4H3. The van der Waals surface area contributed by atoms with Gasteiger partial charge in [-0.1, -0.05) is 25.1 Å². The fourth-order valence-electron chi connectivity index (χ4n) is 3.25. The highest BCUT2D eigenvalue weighted by molar-refractivity contribution is 5.84. The SMILES string of the molecule is CCOc1ccc(-n2c(C)cc(C=Nc3ccccc3CC)c2C)cc1. The molecule has 0 unspecified atom stereocenters. The van der Waals surface area contributed by atoms with Crippen LogP contribution in [0.5, 0.6) is 5.75 Å². The topological polar surface area (TPSA) is 26.5 Å². The van der Waals surface area contributed by atoms with Gasteiger partial charge in [-0.15, -0.1) is 0 Å². The first kappa shape index (κ1) is 18.0. The summed E-state index contributed by atoms with van der Waals surface area (Å²) in [5, 5.41) is 0. The fourth-order valence-corrected chi connectivity index (χ4v) is 3.25.